The Balaban J connectivity index is 2.55. The summed E-state index contributed by atoms with van der Waals surface area (Å²) in [6, 6.07) is 7.50. The van der Waals surface area contributed by atoms with Crippen LogP contribution in [-0.2, 0) is 0 Å². The average Bonchev–Trinajstić information content (AvgIpc) is 2.35. The lowest BCUT2D eigenvalue weighted by atomic mass is 9.86. The Morgan fingerprint density at radius 1 is 1.22 bits per heavy atom. The van der Waals surface area contributed by atoms with Crippen LogP contribution in [0.5, 0.6) is 5.88 Å². The maximum Gasteiger partial charge on any atom is 0.221 e. The molecule has 0 saturated heterocycles. The van der Waals surface area contributed by atoms with Crippen molar-refractivity contribution < 1.29 is 9.53 Å². The van der Waals surface area contributed by atoms with E-state index in [1.54, 1.807) is 13.3 Å². The predicted molar refractivity (Wildman–Crippen MR) is 72.1 cm³/mol. The molecule has 18 heavy (non-hydrogen) atoms. The van der Waals surface area contributed by atoms with Crippen molar-refractivity contribution in [3.05, 3.63) is 36.0 Å². The molecule has 2 rings (SSSR count). The first-order valence-electron chi connectivity index (χ1n) is 5.91. The molecule has 2 aromatic rings. The van der Waals surface area contributed by atoms with Crippen LogP contribution >= 0.6 is 0 Å². The van der Waals surface area contributed by atoms with Crippen LogP contribution in [0, 0.1) is 5.41 Å². The van der Waals surface area contributed by atoms with Crippen molar-refractivity contribution >= 4 is 16.6 Å². The Labute approximate surface area is 107 Å². The molecule has 0 N–H and O–H groups in total. The van der Waals surface area contributed by atoms with Crippen molar-refractivity contribution in [1.29, 1.82) is 0 Å². The minimum absolute atomic E-state index is 0.139. The van der Waals surface area contributed by atoms with E-state index in [-0.39, 0.29) is 11.2 Å². The van der Waals surface area contributed by atoms with Gasteiger partial charge < -0.3 is 4.74 Å². The first-order chi connectivity index (χ1) is 8.43. The maximum atomic E-state index is 12.2. The number of hydrogen-bond donors (Lipinski definition) is 0. The fraction of sp³-hybridized carbons (Fsp3) is 0.333. The largest absolute Gasteiger partial charge is 0.481 e. The Hall–Kier alpha value is -1.90. The molecule has 0 aliphatic rings. The Kier molecular flexibility index (Phi) is 3.07. The molecule has 0 spiro atoms. The second kappa shape index (κ2) is 4.41. The molecule has 0 amide bonds. The van der Waals surface area contributed by atoms with Gasteiger partial charge in [-0.1, -0.05) is 26.8 Å². The van der Waals surface area contributed by atoms with E-state index in [4.69, 9.17) is 4.74 Å². The normalized spacial score (nSPS) is 11.6. The summed E-state index contributed by atoms with van der Waals surface area (Å²) < 4.78 is 5.20. The van der Waals surface area contributed by atoms with Crippen LogP contribution in [0.1, 0.15) is 31.1 Å². The number of carbonyl (C=O) groups excluding carboxylic acids is 1. The predicted octanol–water partition coefficient (Wildman–Crippen LogP) is 3.47. The van der Waals surface area contributed by atoms with Gasteiger partial charge in [0, 0.05) is 22.6 Å². The van der Waals surface area contributed by atoms with Crippen LogP contribution in [0.15, 0.2) is 30.5 Å². The average molecular weight is 243 g/mol. The quantitative estimate of drug-likeness (QED) is 0.758. The molecule has 1 heterocycles. The summed E-state index contributed by atoms with van der Waals surface area (Å²) in [6.45, 7) is 5.77. The van der Waals surface area contributed by atoms with Crippen LogP contribution in [0.3, 0.4) is 0 Å². The SMILES string of the molecule is COc1nccc2cc(C(=O)C(C)(C)C)ccc12. The molecule has 3 heteroatoms. The lowest BCUT2D eigenvalue weighted by Gasteiger charge is -2.17. The first-order valence-corrected chi connectivity index (χ1v) is 5.91. The summed E-state index contributed by atoms with van der Waals surface area (Å²) in [4.78, 5) is 16.4. The lowest BCUT2D eigenvalue weighted by Crippen LogP contribution is -2.20. The van der Waals surface area contributed by atoms with E-state index in [0.717, 1.165) is 16.3 Å². The minimum Gasteiger partial charge on any atom is -0.481 e. The second-order valence-electron chi connectivity index (χ2n) is 5.34. The zero-order valence-corrected chi connectivity index (χ0v) is 11.2. The number of ketones is 1. The van der Waals surface area contributed by atoms with Gasteiger partial charge in [-0.05, 0) is 23.6 Å². The minimum atomic E-state index is -0.370. The molecule has 1 aromatic heterocycles. The molecular formula is C15H17NO2. The van der Waals surface area contributed by atoms with Crippen LogP contribution < -0.4 is 4.74 Å². The maximum absolute atomic E-state index is 12.2. The Morgan fingerprint density at radius 2 is 1.94 bits per heavy atom. The van der Waals surface area contributed by atoms with Gasteiger partial charge in [0.1, 0.15) is 0 Å². The monoisotopic (exact) mass is 243 g/mol. The number of pyridine rings is 1. The highest BCUT2D eigenvalue weighted by Gasteiger charge is 2.23. The third kappa shape index (κ3) is 2.21. The first kappa shape index (κ1) is 12.6. The van der Waals surface area contributed by atoms with E-state index < -0.39 is 0 Å². The number of ether oxygens (including phenoxy) is 1. The molecule has 0 aliphatic carbocycles. The number of aromatic nitrogens is 1. The summed E-state index contributed by atoms with van der Waals surface area (Å²) in [7, 11) is 1.59. The molecule has 0 aliphatic heterocycles. The van der Waals surface area contributed by atoms with Gasteiger partial charge in [-0.25, -0.2) is 4.98 Å². The van der Waals surface area contributed by atoms with Crippen LogP contribution in [0.4, 0.5) is 0 Å². The number of benzene rings is 1. The molecule has 0 fully saturated rings. The molecular weight excluding hydrogens is 226 g/mol. The van der Waals surface area contributed by atoms with Crippen LogP contribution in [0.2, 0.25) is 0 Å². The van der Waals surface area contributed by atoms with Gasteiger partial charge in [-0.2, -0.15) is 0 Å². The number of hydrogen-bond acceptors (Lipinski definition) is 3. The number of nitrogens with zero attached hydrogens (tertiary/aromatic N) is 1. The highest BCUT2D eigenvalue weighted by atomic mass is 16.5. The van der Waals surface area contributed by atoms with E-state index in [2.05, 4.69) is 4.98 Å². The standard InChI is InChI=1S/C15H17NO2/c1-15(2,3)13(17)11-5-6-12-10(9-11)7-8-16-14(12)18-4/h5-9H,1-4H3. The van der Waals surface area contributed by atoms with Crippen LogP contribution in [0.25, 0.3) is 10.8 Å². The second-order valence-corrected chi connectivity index (χ2v) is 5.34. The Bertz CT molecular complexity index is 597. The van der Waals surface area contributed by atoms with Crippen molar-refractivity contribution in [3.63, 3.8) is 0 Å². The zero-order valence-electron chi connectivity index (χ0n) is 11.2. The summed E-state index contributed by atoms with van der Waals surface area (Å²) in [5.41, 5.74) is 0.355. The smallest absolute Gasteiger partial charge is 0.221 e. The van der Waals surface area contributed by atoms with Gasteiger partial charge in [0.15, 0.2) is 5.78 Å². The zero-order chi connectivity index (χ0) is 13.3. The van der Waals surface area contributed by atoms with Gasteiger partial charge in [0.05, 0.1) is 7.11 Å². The molecule has 3 nitrogen and oxygen atoms in total. The van der Waals surface area contributed by atoms with Gasteiger partial charge >= 0.3 is 0 Å². The number of Topliss-reactive ketones (excluding diaryl/α,β-unsaturated/α-hetero) is 1. The van der Waals surface area contributed by atoms with Gasteiger partial charge in [0.25, 0.3) is 0 Å². The van der Waals surface area contributed by atoms with Crippen molar-refractivity contribution in [1.82, 2.24) is 4.98 Å². The van der Waals surface area contributed by atoms with E-state index in [1.807, 2.05) is 45.0 Å². The highest BCUT2D eigenvalue weighted by molar-refractivity contribution is 6.03. The van der Waals surface area contributed by atoms with E-state index in [0.29, 0.717) is 5.88 Å². The third-order valence-corrected chi connectivity index (χ3v) is 2.86. The van der Waals surface area contributed by atoms with E-state index >= 15 is 0 Å². The molecule has 0 bridgehead atoms. The van der Waals surface area contributed by atoms with Gasteiger partial charge in [-0.15, -0.1) is 0 Å². The Morgan fingerprint density at radius 3 is 2.56 bits per heavy atom. The molecule has 0 atom stereocenters. The van der Waals surface area contributed by atoms with Crippen molar-refractivity contribution in [3.8, 4) is 5.88 Å². The molecule has 94 valence electrons. The number of rotatable bonds is 2. The summed E-state index contributed by atoms with van der Waals surface area (Å²) >= 11 is 0. The topological polar surface area (TPSA) is 39.2 Å². The molecule has 1 aromatic carbocycles. The van der Waals surface area contributed by atoms with E-state index in [9.17, 15) is 4.79 Å². The van der Waals surface area contributed by atoms with Crippen LogP contribution in [-0.4, -0.2) is 17.9 Å². The lowest BCUT2D eigenvalue weighted by molar-refractivity contribution is 0.0858. The van der Waals surface area contributed by atoms with Crippen molar-refractivity contribution in [2.45, 2.75) is 20.8 Å². The summed E-state index contributed by atoms with van der Waals surface area (Å²) in [6.07, 6.45) is 1.69. The van der Waals surface area contributed by atoms with Crippen molar-refractivity contribution in [2.75, 3.05) is 7.11 Å². The fourth-order valence-electron chi connectivity index (χ4n) is 1.89. The number of methoxy groups -OCH3 is 1. The molecule has 0 unspecified atom stereocenters. The fourth-order valence-corrected chi connectivity index (χ4v) is 1.89. The summed E-state index contributed by atoms with van der Waals surface area (Å²) in [5.74, 6) is 0.724. The third-order valence-electron chi connectivity index (χ3n) is 2.86. The molecule has 0 saturated carbocycles. The number of fused-ring (bicyclic) bond motifs is 1. The summed E-state index contributed by atoms with van der Waals surface area (Å²) in [5, 5.41) is 1.89. The van der Waals surface area contributed by atoms with Crippen molar-refractivity contribution in [2.24, 2.45) is 5.41 Å². The van der Waals surface area contributed by atoms with E-state index in [1.165, 1.54) is 0 Å². The number of carbonyl (C=O) groups is 1. The van der Waals surface area contributed by atoms with Gasteiger partial charge in [-0.3, -0.25) is 4.79 Å². The molecule has 0 radical (unpaired) electrons. The highest BCUT2D eigenvalue weighted by Crippen LogP contribution is 2.27. The van der Waals surface area contributed by atoms with Gasteiger partial charge in [0.2, 0.25) is 5.88 Å².